The van der Waals surface area contributed by atoms with E-state index in [1.165, 1.54) is 0 Å². The molecule has 0 saturated carbocycles. The van der Waals surface area contributed by atoms with Crippen LogP contribution in [0, 0.1) is 5.92 Å². The van der Waals surface area contributed by atoms with Crippen molar-refractivity contribution in [2.45, 2.75) is 45.6 Å². The van der Waals surface area contributed by atoms with E-state index in [9.17, 15) is 14.7 Å². The third-order valence-corrected chi connectivity index (χ3v) is 4.32. The van der Waals surface area contributed by atoms with Crippen molar-refractivity contribution in [1.29, 1.82) is 0 Å². The van der Waals surface area contributed by atoms with Crippen LogP contribution in [0.3, 0.4) is 0 Å². The topological polar surface area (TPSA) is 66.8 Å². The molecular weight excluding hydrogens is 306 g/mol. The van der Waals surface area contributed by atoms with Crippen LogP contribution < -0.4 is 0 Å². The second kappa shape index (κ2) is 8.83. The number of carboxylic acid groups (broad SMARTS) is 1. The minimum Gasteiger partial charge on any atom is -0.478 e. The molecule has 1 heterocycles. The first-order chi connectivity index (χ1) is 11.5. The molecular formula is C19H27NO4. The summed E-state index contributed by atoms with van der Waals surface area (Å²) in [6, 6.07) is 6.88. The summed E-state index contributed by atoms with van der Waals surface area (Å²) in [5.74, 6) is -0.322. The lowest BCUT2D eigenvalue weighted by molar-refractivity contribution is -0.133. The average molecular weight is 333 g/mol. The van der Waals surface area contributed by atoms with Crippen molar-refractivity contribution in [2.24, 2.45) is 5.92 Å². The molecule has 0 unspecified atom stereocenters. The summed E-state index contributed by atoms with van der Waals surface area (Å²) >= 11 is 0. The Morgan fingerprint density at radius 2 is 1.92 bits per heavy atom. The number of ether oxygens (including phenoxy) is 1. The van der Waals surface area contributed by atoms with E-state index in [0.717, 1.165) is 32.5 Å². The minimum absolute atomic E-state index is 0.0949. The Balaban J connectivity index is 1.79. The largest absolute Gasteiger partial charge is 0.478 e. The quantitative estimate of drug-likeness (QED) is 0.833. The molecule has 1 aromatic rings. The van der Waals surface area contributed by atoms with Crippen LogP contribution >= 0.6 is 0 Å². The second-order valence-electron chi connectivity index (χ2n) is 6.77. The molecule has 1 amide bonds. The van der Waals surface area contributed by atoms with Crippen LogP contribution in [0.4, 0.5) is 0 Å². The summed E-state index contributed by atoms with van der Waals surface area (Å²) in [5.41, 5.74) is 1.000. The molecule has 0 bridgehead atoms. The zero-order valence-electron chi connectivity index (χ0n) is 14.5. The van der Waals surface area contributed by atoms with E-state index in [-0.39, 0.29) is 17.6 Å². The van der Waals surface area contributed by atoms with Crippen molar-refractivity contribution >= 4 is 11.9 Å². The molecule has 0 atom stereocenters. The summed E-state index contributed by atoms with van der Waals surface area (Å²) < 4.78 is 5.84. The van der Waals surface area contributed by atoms with Crippen molar-refractivity contribution in [3.63, 3.8) is 0 Å². The third-order valence-electron chi connectivity index (χ3n) is 4.32. The lowest BCUT2D eigenvalue weighted by atomic mass is 10.0. The smallest absolute Gasteiger partial charge is 0.335 e. The standard InChI is InChI=1S/C19H27NO4/c1-14(2)13-24-16-9-11-20(12-10-16)18(21)8-7-15-5-3-4-6-17(15)19(22)23/h3-6,14,16H,7-13H2,1-2H3,(H,22,23). The van der Waals surface area contributed by atoms with Gasteiger partial charge >= 0.3 is 5.97 Å². The summed E-state index contributed by atoms with van der Waals surface area (Å²) in [5, 5.41) is 9.19. The molecule has 0 radical (unpaired) electrons. The highest BCUT2D eigenvalue weighted by Gasteiger charge is 2.23. The first-order valence-electron chi connectivity index (χ1n) is 8.68. The van der Waals surface area contributed by atoms with E-state index in [4.69, 9.17) is 4.74 Å². The molecule has 2 rings (SSSR count). The van der Waals surface area contributed by atoms with E-state index < -0.39 is 5.97 Å². The molecule has 24 heavy (non-hydrogen) atoms. The average Bonchev–Trinajstić information content (AvgIpc) is 2.58. The summed E-state index contributed by atoms with van der Waals surface area (Å²) in [4.78, 5) is 25.4. The van der Waals surface area contributed by atoms with E-state index in [0.29, 0.717) is 24.3 Å². The number of hydrogen-bond donors (Lipinski definition) is 1. The van der Waals surface area contributed by atoms with Gasteiger partial charge in [0.25, 0.3) is 0 Å². The number of piperidine rings is 1. The fraction of sp³-hybridized carbons (Fsp3) is 0.579. The first-order valence-corrected chi connectivity index (χ1v) is 8.68. The van der Waals surface area contributed by atoms with Crippen LogP contribution in [0.25, 0.3) is 0 Å². The third kappa shape index (κ3) is 5.34. The monoisotopic (exact) mass is 333 g/mol. The van der Waals surface area contributed by atoms with Gasteiger partial charge < -0.3 is 14.7 Å². The number of aromatic carboxylic acids is 1. The van der Waals surface area contributed by atoms with Gasteiger partial charge in [-0.1, -0.05) is 32.0 Å². The van der Waals surface area contributed by atoms with Crippen LogP contribution in [-0.4, -0.2) is 47.7 Å². The molecule has 1 N–H and O–H groups in total. The molecule has 1 aliphatic rings. The molecule has 0 spiro atoms. The molecule has 1 aromatic carbocycles. The maximum Gasteiger partial charge on any atom is 0.335 e. The minimum atomic E-state index is -0.943. The Labute approximate surface area is 143 Å². The van der Waals surface area contributed by atoms with Gasteiger partial charge in [-0.25, -0.2) is 4.79 Å². The van der Waals surface area contributed by atoms with Crippen LogP contribution in [0.15, 0.2) is 24.3 Å². The number of amides is 1. The predicted molar refractivity (Wildman–Crippen MR) is 92.1 cm³/mol. The van der Waals surface area contributed by atoms with Crippen LogP contribution in [0.1, 0.15) is 49.0 Å². The summed E-state index contributed by atoms with van der Waals surface area (Å²) in [7, 11) is 0. The Bertz CT molecular complexity index is 562. The van der Waals surface area contributed by atoms with Crippen LogP contribution in [-0.2, 0) is 16.0 Å². The van der Waals surface area contributed by atoms with E-state index >= 15 is 0 Å². The van der Waals surface area contributed by atoms with Gasteiger partial charge in [0, 0.05) is 26.1 Å². The van der Waals surface area contributed by atoms with Crippen molar-refractivity contribution in [2.75, 3.05) is 19.7 Å². The number of rotatable bonds is 7. The molecule has 5 heteroatoms. The fourth-order valence-electron chi connectivity index (χ4n) is 2.95. The van der Waals surface area contributed by atoms with Crippen molar-refractivity contribution < 1.29 is 19.4 Å². The Hall–Kier alpha value is -1.88. The maximum absolute atomic E-state index is 12.4. The van der Waals surface area contributed by atoms with Crippen molar-refractivity contribution in [3.05, 3.63) is 35.4 Å². The Kier molecular flexibility index (Phi) is 6.79. The maximum atomic E-state index is 12.4. The summed E-state index contributed by atoms with van der Waals surface area (Å²) in [6.45, 7) is 6.48. The Morgan fingerprint density at radius 1 is 1.25 bits per heavy atom. The van der Waals surface area contributed by atoms with E-state index in [2.05, 4.69) is 13.8 Å². The number of benzene rings is 1. The molecule has 1 fully saturated rings. The van der Waals surface area contributed by atoms with Gasteiger partial charge in [-0.05, 0) is 36.8 Å². The molecule has 1 saturated heterocycles. The Morgan fingerprint density at radius 3 is 2.54 bits per heavy atom. The highest BCUT2D eigenvalue weighted by Crippen LogP contribution is 2.17. The van der Waals surface area contributed by atoms with Crippen LogP contribution in [0.2, 0.25) is 0 Å². The zero-order valence-corrected chi connectivity index (χ0v) is 14.5. The number of nitrogens with zero attached hydrogens (tertiary/aromatic N) is 1. The zero-order chi connectivity index (χ0) is 17.5. The van der Waals surface area contributed by atoms with Crippen molar-refractivity contribution in [1.82, 2.24) is 4.90 Å². The number of likely N-dealkylation sites (tertiary alicyclic amines) is 1. The second-order valence-corrected chi connectivity index (χ2v) is 6.77. The number of aryl methyl sites for hydroxylation is 1. The van der Waals surface area contributed by atoms with Gasteiger partial charge in [0.1, 0.15) is 0 Å². The number of carboxylic acids is 1. The number of hydrogen-bond acceptors (Lipinski definition) is 3. The number of carbonyl (C=O) groups excluding carboxylic acids is 1. The van der Waals surface area contributed by atoms with Gasteiger partial charge in [-0.2, -0.15) is 0 Å². The molecule has 1 aliphatic heterocycles. The van der Waals surface area contributed by atoms with Gasteiger partial charge in [0.2, 0.25) is 5.91 Å². The molecule has 132 valence electrons. The first kappa shape index (κ1) is 18.5. The van der Waals surface area contributed by atoms with E-state index in [1.54, 1.807) is 18.2 Å². The van der Waals surface area contributed by atoms with Gasteiger partial charge in [-0.3, -0.25) is 4.79 Å². The number of carbonyl (C=O) groups is 2. The summed E-state index contributed by atoms with van der Waals surface area (Å²) in [6.07, 6.45) is 2.82. The lowest BCUT2D eigenvalue weighted by Gasteiger charge is -2.32. The van der Waals surface area contributed by atoms with Crippen LogP contribution in [0.5, 0.6) is 0 Å². The highest BCUT2D eigenvalue weighted by atomic mass is 16.5. The molecule has 0 aliphatic carbocycles. The highest BCUT2D eigenvalue weighted by molar-refractivity contribution is 5.89. The SMILES string of the molecule is CC(C)COC1CCN(C(=O)CCc2ccccc2C(=O)O)CC1. The van der Waals surface area contributed by atoms with Gasteiger partial charge in [0.15, 0.2) is 0 Å². The van der Waals surface area contributed by atoms with Gasteiger partial charge in [0.05, 0.1) is 11.7 Å². The molecule has 0 aromatic heterocycles. The van der Waals surface area contributed by atoms with E-state index in [1.807, 2.05) is 11.0 Å². The normalized spacial score (nSPS) is 15.7. The van der Waals surface area contributed by atoms with Crippen molar-refractivity contribution in [3.8, 4) is 0 Å². The predicted octanol–water partition coefficient (Wildman–Crippen LogP) is 2.98. The fourth-order valence-corrected chi connectivity index (χ4v) is 2.95. The van der Waals surface area contributed by atoms with Gasteiger partial charge in [-0.15, -0.1) is 0 Å². The molecule has 5 nitrogen and oxygen atoms in total. The lowest BCUT2D eigenvalue weighted by Crippen LogP contribution is -2.41.